The smallest absolute Gasteiger partial charge is 0.291 e. The van der Waals surface area contributed by atoms with Crippen LogP contribution in [0.15, 0.2) is 22.8 Å². The number of hydrogen-bond acceptors (Lipinski definition) is 3. The molecule has 0 bridgehead atoms. The summed E-state index contributed by atoms with van der Waals surface area (Å²) in [5, 5.41) is 4.26. The molecule has 0 radical (unpaired) electrons. The second kappa shape index (κ2) is 7.21. The minimum absolute atomic E-state index is 0.161. The summed E-state index contributed by atoms with van der Waals surface area (Å²) in [6.07, 6.45) is 0.670. The van der Waals surface area contributed by atoms with E-state index in [4.69, 9.17) is 44.0 Å². The van der Waals surface area contributed by atoms with Crippen LogP contribution in [0, 0.1) is 0 Å². The van der Waals surface area contributed by atoms with Crippen molar-refractivity contribution in [2.45, 2.75) is 9.96 Å². The first kappa shape index (κ1) is 15.6. The average Bonchev–Trinajstić information content (AvgIpc) is 2.79. The van der Waals surface area contributed by atoms with E-state index in [-0.39, 0.29) is 5.76 Å². The summed E-state index contributed by atoms with van der Waals surface area (Å²) in [4.78, 5) is 11.8. The van der Waals surface area contributed by atoms with Crippen LogP contribution < -0.4 is 10.6 Å². The van der Waals surface area contributed by atoms with E-state index < -0.39 is 15.9 Å². The van der Waals surface area contributed by atoms with E-state index in [0.717, 1.165) is 0 Å². The van der Waals surface area contributed by atoms with Crippen LogP contribution in [0.25, 0.3) is 0 Å². The molecule has 102 valence electrons. The van der Waals surface area contributed by atoms with Gasteiger partial charge >= 0.3 is 0 Å². The maximum Gasteiger partial charge on any atom is 0.291 e. The molecule has 0 saturated carbocycles. The Hall–Kier alpha value is -0.460. The van der Waals surface area contributed by atoms with Crippen LogP contribution in [-0.4, -0.2) is 36.1 Å². The number of alkyl halides is 3. The number of rotatable bonds is 6. The number of amides is 1. The van der Waals surface area contributed by atoms with Crippen molar-refractivity contribution in [2.75, 3.05) is 20.3 Å². The molecule has 0 aromatic carbocycles. The molecular weight excluding hydrogens is 302 g/mol. The predicted octanol–water partition coefficient (Wildman–Crippen LogP) is 0.916. The van der Waals surface area contributed by atoms with Crippen LogP contribution in [-0.2, 0) is 4.74 Å². The molecule has 5 nitrogen and oxygen atoms in total. The van der Waals surface area contributed by atoms with Gasteiger partial charge in [-0.15, -0.1) is 0 Å². The van der Waals surface area contributed by atoms with Gasteiger partial charge in [-0.2, -0.15) is 0 Å². The molecule has 0 spiro atoms. The first-order valence-electron chi connectivity index (χ1n) is 5.18. The lowest BCUT2D eigenvalue weighted by Gasteiger charge is -2.22. The van der Waals surface area contributed by atoms with Crippen LogP contribution in [0.3, 0.4) is 0 Å². The molecule has 0 saturated heterocycles. The quantitative estimate of drug-likeness (QED) is 0.466. The molecule has 0 fully saturated rings. The van der Waals surface area contributed by atoms with Crippen molar-refractivity contribution < 1.29 is 19.3 Å². The van der Waals surface area contributed by atoms with Crippen LogP contribution in [0.1, 0.15) is 10.6 Å². The summed E-state index contributed by atoms with van der Waals surface area (Å²) in [7, 11) is 1.57. The third-order valence-electron chi connectivity index (χ3n) is 2.11. The molecular formula is C10H14Cl3N2O3+. The van der Waals surface area contributed by atoms with Crippen molar-refractivity contribution in [1.82, 2.24) is 5.32 Å². The number of hydrogen-bond donors (Lipinski definition) is 2. The molecule has 0 aliphatic heterocycles. The normalized spacial score (nSPS) is 13.3. The monoisotopic (exact) mass is 315 g/mol. The topological polar surface area (TPSA) is 68.1 Å². The zero-order chi connectivity index (χ0) is 13.6. The van der Waals surface area contributed by atoms with Crippen molar-refractivity contribution in [2.24, 2.45) is 0 Å². The van der Waals surface area contributed by atoms with Gasteiger partial charge in [0.25, 0.3) is 9.70 Å². The number of quaternary nitrogens is 1. The van der Waals surface area contributed by atoms with Gasteiger partial charge < -0.3 is 14.5 Å². The zero-order valence-corrected chi connectivity index (χ0v) is 11.9. The molecule has 0 unspecified atom stereocenters. The lowest BCUT2D eigenvalue weighted by atomic mass is 10.4. The molecule has 0 aliphatic rings. The molecule has 0 aliphatic carbocycles. The summed E-state index contributed by atoms with van der Waals surface area (Å²) >= 11 is 17.4. The molecule has 1 atom stereocenters. The van der Waals surface area contributed by atoms with Gasteiger partial charge in [-0.1, -0.05) is 34.8 Å². The third-order valence-corrected chi connectivity index (χ3v) is 2.81. The second-order valence-corrected chi connectivity index (χ2v) is 5.86. The van der Waals surface area contributed by atoms with E-state index in [1.54, 1.807) is 18.5 Å². The predicted molar refractivity (Wildman–Crippen MR) is 68.9 cm³/mol. The molecule has 1 rings (SSSR count). The maximum atomic E-state index is 11.8. The minimum atomic E-state index is -1.63. The second-order valence-electron chi connectivity index (χ2n) is 3.49. The zero-order valence-electron chi connectivity index (χ0n) is 9.66. The average molecular weight is 317 g/mol. The SMILES string of the molecule is COCC[NH2+][C@H](NC(=O)c1ccco1)C(Cl)(Cl)Cl. The Morgan fingerprint density at radius 3 is 2.83 bits per heavy atom. The van der Waals surface area contributed by atoms with E-state index in [1.165, 1.54) is 12.3 Å². The number of ether oxygens (including phenoxy) is 1. The van der Waals surface area contributed by atoms with Crippen LogP contribution in [0.2, 0.25) is 0 Å². The van der Waals surface area contributed by atoms with Crippen molar-refractivity contribution in [3.05, 3.63) is 24.2 Å². The highest BCUT2D eigenvalue weighted by atomic mass is 35.6. The van der Waals surface area contributed by atoms with Crippen LogP contribution in [0.5, 0.6) is 0 Å². The molecule has 1 heterocycles. The van der Waals surface area contributed by atoms with E-state index in [0.29, 0.717) is 13.2 Å². The molecule has 1 amide bonds. The third kappa shape index (κ3) is 5.04. The molecule has 8 heteroatoms. The Morgan fingerprint density at radius 2 is 2.33 bits per heavy atom. The minimum Gasteiger partial charge on any atom is -0.459 e. The first-order valence-corrected chi connectivity index (χ1v) is 6.32. The van der Waals surface area contributed by atoms with Crippen molar-refractivity contribution >= 4 is 40.7 Å². The number of furan rings is 1. The first-order chi connectivity index (χ1) is 8.45. The Bertz CT molecular complexity index is 365. The summed E-state index contributed by atoms with van der Waals surface area (Å²) in [6, 6.07) is 3.13. The molecule has 3 N–H and O–H groups in total. The highest BCUT2D eigenvalue weighted by Crippen LogP contribution is 2.27. The Labute approximate surface area is 120 Å². The Balaban J connectivity index is 2.58. The van der Waals surface area contributed by atoms with Crippen molar-refractivity contribution in [3.63, 3.8) is 0 Å². The summed E-state index contributed by atoms with van der Waals surface area (Å²) < 4.78 is 8.22. The van der Waals surface area contributed by atoms with Gasteiger partial charge in [0.2, 0.25) is 6.17 Å². The number of carbonyl (C=O) groups excluding carboxylic acids is 1. The number of nitrogens with two attached hydrogens (primary N) is 1. The van der Waals surface area contributed by atoms with Crippen LogP contribution in [0.4, 0.5) is 0 Å². The van der Waals surface area contributed by atoms with Gasteiger partial charge in [-0.3, -0.25) is 10.1 Å². The van der Waals surface area contributed by atoms with Gasteiger partial charge in [-0.25, -0.2) is 0 Å². The van der Waals surface area contributed by atoms with E-state index in [2.05, 4.69) is 5.32 Å². The largest absolute Gasteiger partial charge is 0.459 e. The fourth-order valence-electron chi connectivity index (χ4n) is 1.25. The van der Waals surface area contributed by atoms with Gasteiger partial charge in [0.15, 0.2) is 5.76 Å². The lowest BCUT2D eigenvalue weighted by molar-refractivity contribution is -0.692. The van der Waals surface area contributed by atoms with Gasteiger partial charge in [0.05, 0.1) is 12.9 Å². The molecule has 1 aromatic rings. The maximum absolute atomic E-state index is 11.8. The van der Waals surface area contributed by atoms with Crippen LogP contribution >= 0.6 is 34.8 Å². The fourth-order valence-corrected chi connectivity index (χ4v) is 1.68. The van der Waals surface area contributed by atoms with E-state index in [1.807, 2.05) is 0 Å². The lowest BCUT2D eigenvalue weighted by Crippen LogP contribution is -2.97. The highest BCUT2D eigenvalue weighted by Gasteiger charge is 2.37. The summed E-state index contributed by atoms with van der Waals surface area (Å²) in [5.74, 6) is -0.278. The van der Waals surface area contributed by atoms with Gasteiger partial charge in [0, 0.05) is 7.11 Å². The molecule has 1 aromatic heterocycles. The summed E-state index contributed by atoms with van der Waals surface area (Å²) in [5.41, 5.74) is 0. The summed E-state index contributed by atoms with van der Waals surface area (Å²) in [6.45, 7) is 1.03. The number of halogens is 3. The van der Waals surface area contributed by atoms with E-state index >= 15 is 0 Å². The standard InChI is InChI=1S/C10H13Cl3N2O3/c1-17-6-4-14-9(10(11,12)13)15-8(16)7-3-2-5-18-7/h2-3,5,9,14H,4,6H2,1H3,(H,15,16)/p+1/t9-/m1/s1. The number of methoxy groups -OCH3 is 1. The fraction of sp³-hybridized carbons (Fsp3) is 0.500. The van der Waals surface area contributed by atoms with Crippen molar-refractivity contribution in [3.8, 4) is 0 Å². The number of carbonyl (C=O) groups is 1. The van der Waals surface area contributed by atoms with Crippen molar-refractivity contribution in [1.29, 1.82) is 0 Å². The van der Waals surface area contributed by atoms with E-state index in [9.17, 15) is 4.79 Å². The van der Waals surface area contributed by atoms with Gasteiger partial charge in [-0.05, 0) is 12.1 Å². The Morgan fingerprint density at radius 1 is 1.61 bits per heavy atom. The Kier molecular flexibility index (Phi) is 6.25. The molecule has 18 heavy (non-hydrogen) atoms. The van der Waals surface area contributed by atoms with Gasteiger partial charge in [0.1, 0.15) is 6.54 Å². The highest BCUT2D eigenvalue weighted by molar-refractivity contribution is 6.68. The number of nitrogens with one attached hydrogen (secondary N) is 1.